The number of thiophene rings is 4. The summed E-state index contributed by atoms with van der Waals surface area (Å²) < 4.78 is 8.31. The van der Waals surface area contributed by atoms with E-state index in [4.69, 9.17) is 0 Å². The summed E-state index contributed by atoms with van der Waals surface area (Å²) in [6.07, 6.45) is 0. The fraction of sp³-hybridized carbons (Fsp3) is 0. The molecule has 0 aliphatic heterocycles. The van der Waals surface area contributed by atoms with Crippen LogP contribution in [0, 0.1) is 0 Å². The molecule has 0 saturated carbocycles. The maximum atomic E-state index is 2.39. The standard InChI is InChI=1S/C26H12S4/c1-3-19-26(18-10-14-6-8-28-22(14)12-24(18)29-19)16-2-4-20-25(15(1)16)17-9-13-5-7-27-21(13)11-23(17)30-20/h1-12H. The average molecular weight is 453 g/mol. The maximum Gasteiger partial charge on any atom is 0.0370 e. The Bertz CT molecular complexity index is 1810. The summed E-state index contributed by atoms with van der Waals surface area (Å²) >= 11 is 7.50. The second-order valence-electron chi connectivity index (χ2n) is 7.79. The van der Waals surface area contributed by atoms with Crippen molar-refractivity contribution >= 4 is 117 Å². The first-order valence-corrected chi connectivity index (χ1v) is 13.2. The molecule has 4 heteroatoms. The minimum Gasteiger partial charge on any atom is -0.144 e. The summed E-state index contributed by atoms with van der Waals surface area (Å²) in [6, 6.07) is 23.4. The largest absolute Gasteiger partial charge is 0.144 e. The summed E-state index contributed by atoms with van der Waals surface area (Å²) in [6.45, 7) is 0. The lowest BCUT2D eigenvalue weighted by Crippen LogP contribution is -1.77. The van der Waals surface area contributed by atoms with Gasteiger partial charge in [0.25, 0.3) is 0 Å². The van der Waals surface area contributed by atoms with Gasteiger partial charge in [-0.15, -0.1) is 45.3 Å². The lowest BCUT2D eigenvalue weighted by atomic mass is 9.99. The van der Waals surface area contributed by atoms with Crippen molar-refractivity contribution in [1.29, 1.82) is 0 Å². The summed E-state index contributed by atoms with van der Waals surface area (Å²) in [5.41, 5.74) is 0. The zero-order chi connectivity index (χ0) is 19.4. The van der Waals surface area contributed by atoms with Crippen LogP contribution < -0.4 is 0 Å². The molecule has 0 aliphatic rings. The monoisotopic (exact) mass is 452 g/mol. The van der Waals surface area contributed by atoms with Crippen molar-refractivity contribution in [2.45, 2.75) is 0 Å². The van der Waals surface area contributed by atoms with Gasteiger partial charge in [-0.2, -0.15) is 0 Å². The van der Waals surface area contributed by atoms with E-state index in [-0.39, 0.29) is 0 Å². The molecule has 0 aliphatic carbocycles. The number of fused-ring (bicyclic) bond motifs is 11. The van der Waals surface area contributed by atoms with Crippen LogP contribution >= 0.6 is 45.3 Å². The molecule has 0 N–H and O–H groups in total. The Morgan fingerprint density at radius 3 is 1.40 bits per heavy atom. The van der Waals surface area contributed by atoms with Crippen molar-refractivity contribution in [2.75, 3.05) is 0 Å². The first-order chi connectivity index (χ1) is 14.8. The van der Waals surface area contributed by atoms with E-state index in [0.29, 0.717) is 0 Å². The molecule has 0 spiro atoms. The molecule has 0 amide bonds. The van der Waals surface area contributed by atoms with Crippen LogP contribution in [0.4, 0.5) is 0 Å². The molecule has 30 heavy (non-hydrogen) atoms. The normalized spacial score (nSPS) is 12.7. The van der Waals surface area contributed by atoms with E-state index in [1.165, 1.54) is 71.3 Å². The van der Waals surface area contributed by atoms with E-state index in [1.54, 1.807) is 0 Å². The molecule has 0 unspecified atom stereocenters. The number of hydrogen-bond acceptors (Lipinski definition) is 4. The van der Waals surface area contributed by atoms with Crippen LogP contribution in [0.25, 0.3) is 71.3 Å². The Kier molecular flexibility index (Phi) is 3.03. The fourth-order valence-corrected chi connectivity index (χ4v) is 8.92. The van der Waals surface area contributed by atoms with E-state index in [9.17, 15) is 0 Å². The van der Waals surface area contributed by atoms with Crippen LogP contribution in [-0.2, 0) is 0 Å². The molecule has 0 saturated heterocycles. The molecule has 4 heterocycles. The van der Waals surface area contributed by atoms with Gasteiger partial charge in [-0.1, -0.05) is 12.1 Å². The predicted octanol–water partition coefficient (Wildman–Crippen LogP) is 10.0. The third-order valence-corrected chi connectivity index (χ3v) is 10.2. The van der Waals surface area contributed by atoms with Crippen molar-refractivity contribution in [1.82, 2.24) is 0 Å². The molecule has 8 aromatic rings. The zero-order valence-electron chi connectivity index (χ0n) is 15.6. The van der Waals surface area contributed by atoms with Crippen LogP contribution in [0.1, 0.15) is 0 Å². The third-order valence-electron chi connectivity index (χ3n) is 6.21. The predicted molar refractivity (Wildman–Crippen MR) is 140 cm³/mol. The van der Waals surface area contributed by atoms with Crippen LogP contribution in [0.3, 0.4) is 0 Å². The minimum absolute atomic E-state index is 1.35. The Labute approximate surface area is 187 Å². The van der Waals surface area contributed by atoms with Gasteiger partial charge in [-0.05, 0) is 80.8 Å². The molecule has 0 nitrogen and oxygen atoms in total. The molecule has 0 fully saturated rings. The Morgan fingerprint density at radius 2 is 0.900 bits per heavy atom. The van der Waals surface area contributed by atoms with E-state index in [1.807, 2.05) is 45.3 Å². The molecule has 0 bridgehead atoms. The Balaban J connectivity index is 1.60. The lowest BCUT2D eigenvalue weighted by molar-refractivity contribution is 1.95. The van der Waals surface area contributed by atoms with Gasteiger partial charge in [0.15, 0.2) is 0 Å². The molecule has 8 rings (SSSR count). The minimum atomic E-state index is 1.35. The molecule has 0 atom stereocenters. The molecule has 4 aromatic heterocycles. The van der Waals surface area contributed by atoms with Crippen LogP contribution in [0.5, 0.6) is 0 Å². The summed E-state index contributed by atoms with van der Waals surface area (Å²) in [5.74, 6) is 0. The highest BCUT2D eigenvalue weighted by Crippen LogP contribution is 2.46. The van der Waals surface area contributed by atoms with Gasteiger partial charge in [0.1, 0.15) is 0 Å². The second-order valence-corrected chi connectivity index (χ2v) is 11.9. The first-order valence-electron chi connectivity index (χ1n) is 9.82. The van der Waals surface area contributed by atoms with Crippen molar-refractivity contribution in [3.05, 3.63) is 71.4 Å². The highest BCUT2D eigenvalue weighted by Gasteiger charge is 2.15. The smallest absolute Gasteiger partial charge is 0.0370 e. The Morgan fingerprint density at radius 1 is 0.400 bits per heavy atom. The van der Waals surface area contributed by atoms with Crippen molar-refractivity contribution in [2.24, 2.45) is 0 Å². The number of hydrogen-bond donors (Lipinski definition) is 0. The molecular formula is C26H12S4. The van der Waals surface area contributed by atoms with Crippen LogP contribution in [-0.4, -0.2) is 0 Å². The van der Waals surface area contributed by atoms with Crippen LogP contribution in [0.2, 0.25) is 0 Å². The topological polar surface area (TPSA) is 0 Å². The van der Waals surface area contributed by atoms with Crippen molar-refractivity contribution in [3.8, 4) is 0 Å². The SMILES string of the molecule is c1cc2cc3c(cc2s1)sc1ccc2c(ccc4sc5cc6sccc6cc5c42)c13. The molecule has 4 aromatic carbocycles. The van der Waals surface area contributed by atoms with Gasteiger partial charge in [-0.3, -0.25) is 0 Å². The van der Waals surface area contributed by atoms with Crippen molar-refractivity contribution < 1.29 is 0 Å². The highest BCUT2D eigenvalue weighted by atomic mass is 32.1. The van der Waals surface area contributed by atoms with Gasteiger partial charge in [0, 0.05) is 49.7 Å². The molecule has 140 valence electrons. The highest BCUT2D eigenvalue weighted by molar-refractivity contribution is 7.27. The fourth-order valence-electron chi connectivity index (χ4n) is 4.87. The van der Waals surface area contributed by atoms with E-state index in [2.05, 4.69) is 71.4 Å². The Hall–Kier alpha value is -2.50. The van der Waals surface area contributed by atoms with Crippen LogP contribution in [0.15, 0.2) is 71.4 Å². The lowest BCUT2D eigenvalue weighted by Gasteiger charge is -2.04. The van der Waals surface area contributed by atoms with E-state index < -0.39 is 0 Å². The van der Waals surface area contributed by atoms with Gasteiger partial charge >= 0.3 is 0 Å². The number of rotatable bonds is 0. The number of benzene rings is 4. The van der Waals surface area contributed by atoms with E-state index in [0.717, 1.165) is 0 Å². The summed E-state index contributed by atoms with van der Waals surface area (Å²) in [4.78, 5) is 0. The summed E-state index contributed by atoms with van der Waals surface area (Å²) in [5, 5.41) is 15.5. The van der Waals surface area contributed by atoms with Gasteiger partial charge in [0.2, 0.25) is 0 Å². The molecular weight excluding hydrogens is 441 g/mol. The maximum absolute atomic E-state index is 2.39. The zero-order valence-corrected chi connectivity index (χ0v) is 18.8. The van der Waals surface area contributed by atoms with Gasteiger partial charge in [-0.25, -0.2) is 0 Å². The molecule has 0 radical (unpaired) electrons. The summed E-state index contributed by atoms with van der Waals surface area (Å²) in [7, 11) is 0. The quantitative estimate of drug-likeness (QED) is 0.215. The van der Waals surface area contributed by atoms with Gasteiger partial charge < -0.3 is 0 Å². The first kappa shape index (κ1) is 16.2. The average Bonchev–Trinajstić information content (AvgIpc) is 3.52. The van der Waals surface area contributed by atoms with Crippen molar-refractivity contribution in [3.63, 3.8) is 0 Å². The van der Waals surface area contributed by atoms with Gasteiger partial charge in [0.05, 0.1) is 0 Å². The second kappa shape index (κ2) is 5.59. The third kappa shape index (κ3) is 2.00. The van der Waals surface area contributed by atoms with E-state index >= 15 is 0 Å².